The van der Waals surface area contributed by atoms with E-state index in [0.29, 0.717) is 34.6 Å². The maximum Gasteiger partial charge on any atom is 0.359 e. The average Bonchev–Trinajstić information content (AvgIpc) is 3.09. The number of esters is 1. The molecule has 1 amide bonds. The summed E-state index contributed by atoms with van der Waals surface area (Å²) in [6, 6.07) is 6.83. The number of anilines is 1. The summed E-state index contributed by atoms with van der Waals surface area (Å²) < 4.78 is 6.62. The van der Waals surface area contributed by atoms with Crippen molar-refractivity contribution in [1.29, 1.82) is 0 Å². The number of aryl methyl sites for hydroxylation is 1. The second kappa shape index (κ2) is 8.09. The van der Waals surface area contributed by atoms with Crippen molar-refractivity contribution in [3.05, 3.63) is 51.4 Å². The molecule has 1 aromatic carbocycles. The van der Waals surface area contributed by atoms with Crippen molar-refractivity contribution in [2.45, 2.75) is 33.4 Å². The van der Waals surface area contributed by atoms with Gasteiger partial charge in [0.25, 0.3) is 5.56 Å². The van der Waals surface area contributed by atoms with Crippen molar-refractivity contribution >= 4 is 39.1 Å². The van der Waals surface area contributed by atoms with Gasteiger partial charge < -0.3 is 10.1 Å². The van der Waals surface area contributed by atoms with E-state index in [-0.39, 0.29) is 23.8 Å². The molecular weight excluding hydrogens is 368 g/mol. The first kappa shape index (κ1) is 18.7. The van der Waals surface area contributed by atoms with E-state index in [1.165, 1.54) is 22.9 Å². The van der Waals surface area contributed by atoms with Crippen molar-refractivity contribution in [1.82, 2.24) is 14.8 Å². The van der Waals surface area contributed by atoms with Crippen LogP contribution in [-0.4, -0.2) is 26.6 Å². The van der Waals surface area contributed by atoms with Crippen LogP contribution in [0.15, 0.2) is 34.4 Å². The molecule has 0 aliphatic heterocycles. The molecule has 0 aliphatic carbocycles. The number of carbonyl (C=O) groups excluding carboxylic acids is 2. The third-order valence-corrected chi connectivity index (χ3v) is 4.49. The standard InChI is InChI=1S/C18H18N4O4S/c1-3-8-22-16(24)14-7-5-4-6-13(14)15(21-22)17(25)26-9-12-10-27-18(20-12)19-11(2)23/h4-7,10H,3,8-9H2,1-2H3,(H,19,20,23). The molecule has 8 nitrogen and oxygen atoms in total. The van der Waals surface area contributed by atoms with Crippen molar-refractivity contribution < 1.29 is 14.3 Å². The second-order valence-corrected chi connectivity index (χ2v) is 6.68. The van der Waals surface area contributed by atoms with Gasteiger partial charge in [0.2, 0.25) is 5.91 Å². The Morgan fingerprint density at radius 2 is 2.00 bits per heavy atom. The highest BCUT2D eigenvalue weighted by Crippen LogP contribution is 2.18. The van der Waals surface area contributed by atoms with E-state index in [1.54, 1.807) is 29.6 Å². The van der Waals surface area contributed by atoms with E-state index in [9.17, 15) is 14.4 Å². The Bertz CT molecular complexity index is 1060. The molecule has 1 N–H and O–H groups in total. The maximum absolute atomic E-state index is 12.6. The number of aromatic nitrogens is 3. The summed E-state index contributed by atoms with van der Waals surface area (Å²) in [4.78, 5) is 40.3. The number of benzene rings is 1. The first-order valence-electron chi connectivity index (χ1n) is 8.38. The zero-order valence-electron chi connectivity index (χ0n) is 14.9. The third kappa shape index (κ3) is 4.20. The van der Waals surface area contributed by atoms with Gasteiger partial charge in [0.1, 0.15) is 6.61 Å². The fourth-order valence-corrected chi connectivity index (χ4v) is 3.28. The van der Waals surface area contributed by atoms with Crippen LogP contribution in [0, 0.1) is 0 Å². The number of hydrogen-bond acceptors (Lipinski definition) is 7. The summed E-state index contributed by atoms with van der Waals surface area (Å²) in [5.41, 5.74) is 0.377. The normalized spacial score (nSPS) is 10.7. The van der Waals surface area contributed by atoms with E-state index >= 15 is 0 Å². The lowest BCUT2D eigenvalue weighted by molar-refractivity contribution is -0.114. The third-order valence-electron chi connectivity index (χ3n) is 3.68. The van der Waals surface area contributed by atoms with E-state index in [4.69, 9.17) is 4.74 Å². The van der Waals surface area contributed by atoms with Gasteiger partial charge in [0.05, 0.1) is 11.1 Å². The number of nitrogens with zero attached hydrogens (tertiary/aromatic N) is 3. The van der Waals surface area contributed by atoms with Crippen LogP contribution in [0.1, 0.15) is 36.5 Å². The van der Waals surface area contributed by atoms with Gasteiger partial charge in [-0.1, -0.05) is 25.1 Å². The molecule has 0 radical (unpaired) electrons. The number of carbonyl (C=O) groups is 2. The minimum absolute atomic E-state index is 0.0577. The van der Waals surface area contributed by atoms with Crippen LogP contribution in [0.3, 0.4) is 0 Å². The fourth-order valence-electron chi connectivity index (χ4n) is 2.54. The predicted molar refractivity (Wildman–Crippen MR) is 102 cm³/mol. The zero-order chi connectivity index (χ0) is 19.4. The predicted octanol–water partition coefficient (Wildman–Crippen LogP) is 2.58. The van der Waals surface area contributed by atoms with E-state index in [1.807, 2.05) is 6.92 Å². The Kier molecular flexibility index (Phi) is 5.60. The molecule has 3 aromatic rings. The van der Waals surface area contributed by atoms with Gasteiger partial charge in [-0.2, -0.15) is 5.10 Å². The maximum atomic E-state index is 12.6. The van der Waals surface area contributed by atoms with Crippen LogP contribution >= 0.6 is 11.3 Å². The SMILES string of the molecule is CCCn1nc(C(=O)OCc2csc(NC(C)=O)n2)c2ccccc2c1=O. The summed E-state index contributed by atoms with van der Waals surface area (Å²) in [6.45, 7) is 3.67. The number of hydrogen-bond donors (Lipinski definition) is 1. The van der Waals surface area contributed by atoms with E-state index in [2.05, 4.69) is 15.4 Å². The molecule has 3 rings (SSSR count). The van der Waals surface area contributed by atoms with E-state index in [0.717, 1.165) is 0 Å². The monoisotopic (exact) mass is 386 g/mol. The molecule has 2 heterocycles. The molecule has 0 saturated carbocycles. The second-order valence-electron chi connectivity index (χ2n) is 5.82. The van der Waals surface area contributed by atoms with Gasteiger partial charge in [-0.15, -0.1) is 11.3 Å². The van der Waals surface area contributed by atoms with Crippen LogP contribution in [-0.2, 0) is 22.7 Å². The summed E-state index contributed by atoms with van der Waals surface area (Å²) in [5, 5.41) is 9.79. The summed E-state index contributed by atoms with van der Waals surface area (Å²) in [6.07, 6.45) is 0.713. The van der Waals surface area contributed by atoms with Crippen LogP contribution in [0.5, 0.6) is 0 Å². The highest BCUT2D eigenvalue weighted by molar-refractivity contribution is 7.13. The summed E-state index contributed by atoms with van der Waals surface area (Å²) in [7, 11) is 0. The topological polar surface area (TPSA) is 103 Å². The summed E-state index contributed by atoms with van der Waals surface area (Å²) >= 11 is 1.24. The van der Waals surface area contributed by atoms with Gasteiger partial charge >= 0.3 is 5.97 Å². The highest BCUT2D eigenvalue weighted by Gasteiger charge is 2.18. The van der Waals surface area contributed by atoms with Gasteiger partial charge in [-0.3, -0.25) is 9.59 Å². The average molecular weight is 386 g/mol. The molecule has 0 bridgehead atoms. The first-order valence-corrected chi connectivity index (χ1v) is 9.26. The minimum Gasteiger partial charge on any atom is -0.454 e. The lowest BCUT2D eigenvalue weighted by atomic mass is 10.1. The molecule has 9 heteroatoms. The molecule has 0 atom stereocenters. The van der Waals surface area contributed by atoms with Gasteiger partial charge in [0, 0.05) is 24.2 Å². The molecule has 2 aromatic heterocycles. The van der Waals surface area contributed by atoms with Crippen LogP contribution < -0.4 is 10.9 Å². The van der Waals surface area contributed by atoms with Crippen molar-refractivity contribution in [3.63, 3.8) is 0 Å². The molecule has 140 valence electrons. The van der Waals surface area contributed by atoms with Crippen LogP contribution in [0.4, 0.5) is 5.13 Å². The molecule has 0 unspecified atom stereocenters. The molecule has 0 aliphatic rings. The highest BCUT2D eigenvalue weighted by atomic mass is 32.1. The van der Waals surface area contributed by atoms with Gasteiger partial charge in [0.15, 0.2) is 10.8 Å². The number of amides is 1. The number of rotatable bonds is 6. The van der Waals surface area contributed by atoms with Gasteiger partial charge in [-0.05, 0) is 12.5 Å². The quantitative estimate of drug-likeness (QED) is 0.653. The van der Waals surface area contributed by atoms with E-state index < -0.39 is 5.97 Å². The van der Waals surface area contributed by atoms with Crippen LogP contribution in [0.25, 0.3) is 10.8 Å². The number of thiazole rings is 1. The largest absolute Gasteiger partial charge is 0.454 e. The Balaban J connectivity index is 1.85. The molecule has 0 spiro atoms. The molecule has 0 saturated heterocycles. The van der Waals surface area contributed by atoms with Gasteiger partial charge in [-0.25, -0.2) is 14.5 Å². The first-order chi connectivity index (χ1) is 13.0. The summed E-state index contributed by atoms with van der Waals surface area (Å²) in [5.74, 6) is -0.855. The molecular formula is C18H18N4O4S. The minimum atomic E-state index is -0.634. The lowest BCUT2D eigenvalue weighted by Gasteiger charge is -2.09. The zero-order valence-corrected chi connectivity index (χ0v) is 15.7. The number of fused-ring (bicyclic) bond motifs is 1. The Morgan fingerprint density at radius 3 is 2.70 bits per heavy atom. The smallest absolute Gasteiger partial charge is 0.359 e. The lowest BCUT2D eigenvalue weighted by Crippen LogP contribution is -2.26. The fraction of sp³-hybridized carbons (Fsp3) is 0.278. The molecule has 0 fully saturated rings. The van der Waals surface area contributed by atoms with Crippen LogP contribution in [0.2, 0.25) is 0 Å². The number of nitrogens with one attached hydrogen (secondary N) is 1. The Hall–Kier alpha value is -3.07. The Morgan fingerprint density at radius 1 is 1.26 bits per heavy atom. The molecule has 27 heavy (non-hydrogen) atoms. The number of ether oxygens (including phenoxy) is 1. The Labute approximate surface area is 158 Å². The van der Waals surface area contributed by atoms with Crippen molar-refractivity contribution in [2.75, 3.05) is 5.32 Å². The van der Waals surface area contributed by atoms with Crippen molar-refractivity contribution in [2.24, 2.45) is 0 Å². The van der Waals surface area contributed by atoms with Crippen molar-refractivity contribution in [3.8, 4) is 0 Å².